The Labute approximate surface area is 407 Å². The first-order valence-electron chi connectivity index (χ1n) is 23.9. The third-order valence-corrected chi connectivity index (χ3v) is 13.6. The van der Waals surface area contributed by atoms with Gasteiger partial charge in [0, 0.05) is 55.7 Å². The van der Waals surface area contributed by atoms with Gasteiger partial charge in [-0.2, -0.15) is 0 Å². The van der Waals surface area contributed by atoms with Crippen molar-refractivity contribution in [3.63, 3.8) is 0 Å². The van der Waals surface area contributed by atoms with E-state index in [4.69, 9.17) is 0 Å². The Bertz CT molecular complexity index is 3700. The van der Waals surface area contributed by atoms with E-state index in [0.29, 0.717) is 0 Å². The molecule has 0 amide bonds. The first kappa shape index (κ1) is 40.9. The summed E-state index contributed by atoms with van der Waals surface area (Å²) in [7, 11) is 0. The van der Waals surface area contributed by atoms with Gasteiger partial charge in [0.1, 0.15) is 0 Å². The SMILES string of the molecule is c1ccc(N(c2ccc(-c3cc4cc5c(cc(-c6ccc(N(c7ccccc7)c7cccc8ccccc78)cc6)n5-c5ccccc5)cc4n3-c3ccccc3)cc2)c2cccc3ccccc23)cc1. The lowest BCUT2D eigenvalue weighted by atomic mass is 10.1. The lowest BCUT2D eigenvalue weighted by Gasteiger charge is -2.27. The number of hydrogen-bond donors (Lipinski definition) is 0. The van der Waals surface area contributed by atoms with Gasteiger partial charge in [0.15, 0.2) is 0 Å². The summed E-state index contributed by atoms with van der Waals surface area (Å²) in [5.41, 5.74) is 15.8. The third-order valence-electron chi connectivity index (χ3n) is 13.6. The Balaban J connectivity index is 0.940. The molecule has 330 valence electrons. The molecule has 2 heterocycles. The van der Waals surface area contributed by atoms with Crippen molar-refractivity contribution in [2.24, 2.45) is 0 Å². The fourth-order valence-electron chi connectivity index (χ4n) is 10.4. The molecule has 0 saturated carbocycles. The van der Waals surface area contributed by atoms with Crippen molar-refractivity contribution in [3.8, 4) is 33.9 Å². The molecule has 13 aromatic rings. The van der Waals surface area contributed by atoms with Crippen LogP contribution >= 0.6 is 0 Å². The highest BCUT2D eigenvalue weighted by atomic mass is 15.1. The van der Waals surface area contributed by atoms with Gasteiger partial charge >= 0.3 is 0 Å². The summed E-state index contributed by atoms with van der Waals surface area (Å²) in [5, 5.41) is 7.18. The average molecular weight is 895 g/mol. The molecule has 70 heavy (non-hydrogen) atoms. The van der Waals surface area contributed by atoms with Crippen LogP contribution in [0.2, 0.25) is 0 Å². The molecule has 0 unspecified atom stereocenters. The summed E-state index contributed by atoms with van der Waals surface area (Å²) in [6.45, 7) is 0. The molecule has 13 rings (SSSR count). The topological polar surface area (TPSA) is 16.3 Å². The van der Waals surface area contributed by atoms with E-state index in [1.165, 1.54) is 32.3 Å². The van der Waals surface area contributed by atoms with E-state index in [1.54, 1.807) is 0 Å². The zero-order valence-electron chi connectivity index (χ0n) is 38.3. The van der Waals surface area contributed by atoms with E-state index >= 15 is 0 Å². The zero-order valence-corrected chi connectivity index (χ0v) is 38.3. The summed E-state index contributed by atoms with van der Waals surface area (Å²) in [6, 6.07) is 101. The number of rotatable bonds is 10. The minimum Gasteiger partial charge on any atom is -0.310 e. The first-order chi connectivity index (χ1) is 34.7. The molecular weight excluding hydrogens is 849 g/mol. The van der Waals surface area contributed by atoms with Crippen LogP contribution < -0.4 is 9.80 Å². The van der Waals surface area contributed by atoms with Gasteiger partial charge in [0.2, 0.25) is 0 Å². The van der Waals surface area contributed by atoms with Gasteiger partial charge in [-0.1, -0.05) is 170 Å². The molecule has 0 fully saturated rings. The molecular formula is C66H46N4. The normalized spacial score (nSPS) is 11.4. The van der Waals surface area contributed by atoms with Crippen LogP contribution in [0.1, 0.15) is 0 Å². The number of benzene rings is 11. The average Bonchev–Trinajstić information content (AvgIpc) is 4.00. The van der Waals surface area contributed by atoms with Gasteiger partial charge in [0.25, 0.3) is 0 Å². The maximum Gasteiger partial charge on any atom is 0.0542 e. The van der Waals surface area contributed by atoms with Crippen molar-refractivity contribution in [2.75, 3.05) is 9.80 Å². The highest BCUT2D eigenvalue weighted by Crippen LogP contribution is 2.43. The fraction of sp³-hybridized carbons (Fsp3) is 0. The van der Waals surface area contributed by atoms with E-state index in [-0.39, 0.29) is 0 Å². The smallest absolute Gasteiger partial charge is 0.0542 e. The molecule has 0 saturated heterocycles. The van der Waals surface area contributed by atoms with Gasteiger partial charge in [-0.15, -0.1) is 0 Å². The summed E-state index contributed by atoms with van der Waals surface area (Å²) >= 11 is 0. The summed E-state index contributed by atoms with van der Waals surface area (Å²) < 4.78 is 4.84. The summed E-state index contributed by atoms with van der Waals surface area (Å²) in [5.74, 6) is 0. The largest absolute Gasteiger partial charge is 0.310 e. The van der Waals surface area contributed by atoms with Gasteiger partial charge in [-0.05, 0) is 131 Å². The Kier molecular flexibility index (Phi) is 10.1. The molecule has 0 aliphatic heterocycles. The Morgan fingerprint density at radius 2 is 0.571 bits per heavy atom. The minimum atomic E-state index is 1.10. The molecule has 0 atom stereocenters. The van der Waals surface area contributed by atoms with Crippen molar-refractivity contribution >= 4 is 77.5 Å². The summed E-state index contributed by atoms with van der Waals surface area (Å²) in [4.78, 5) is 4.73. The molecule has 11 aromatic carbocycles. The van der Waals surface area contributed by atoms with Crippen LogP contribution in [-0.4, -0.2) is 9.13 Å². The Morgan fingerprint density at radius 1 is 0.243 bits per heavy atom. The van der Waals surface area contributed by atoms with Gasteiger partial charge in [-0.25, -0.2) is 0 Å². The molecule has 0 aliphatic rings. The van der Waals surface area contributed by atoms with Gasteiger partial charge in [-0.3, -0.25) is 0 Å². The number of fused-ring (bicyclic) bond motifs is 4. The van der Waals surface area contributed by atoms with Crippen molar-refractivity contribution in [2.45, 2.75) is 0 Å². The van der Waals surface area contributed by atoms with E-state index in [0.717, 1.165) is 79.0 Å². The molecule has 4 nitrogen and oxygen atoms in total. The number of nitrogens with zero attached hydrogens (tertiary/aromatic N) is 4. The van der Waals surface area contributed by atoms with Crippen LogP contribution in [0.15, 0.2) is 279 Å². The van der Waals surface area contributed by atoms with E-state index in [2.05, 4.69) is 298 Å². The minimum absolute atomic E-state index is 1.10. The monoisotopic (exact) mass is 894 g/mol. The van der Waals surface area contributed by atoms with Crippen LogP contribution in [0.25, 0.3) is 77.2 Å². The second-order valence-corrected chi connectivity index (χ2v) is 17.8. The van der Waals surface area contributed by atoms with Crippen LogP contribution in [0.4, 0.5) is 34.1 Å². The van der Waals surface area contributed by atoms with Crippen LogP contribution in [0, 0.1) is 0 Å². The highest BCUT2D eigenvalue weighted by molar-refractivity contribution is 6.04. The van der Waals surface area contributed by atoms with Crippen LogP contribution in [-0.2, 0) is 0 Å². The second kappa shape index (κ2) is 17.4. The lowest BCUT2D eigenvalue weighted by molar-refractivity contribution is 1.13. The first-order valence-corrected chi connectivity index (χ1v) is 23.9. The van der Waals surface area contributed by atoms with Crippen molar-refractivity contribution in [1.82, 2.24) is 9.13 Å². The Morgan fingerprint density at radius 3 is 0.971 bits per heavy atom. The molecule has 0 aliphatic carbocycles. The maximum absolute atomic E-state index is 2.42. The van der Waals surface area contributed by atoms with Gasteiger partial charge < -0.3 is 18.9 Å². The van der Waals surface area contributed by atoms with E-state index in [1.807, 2.05) is 0 Å². The predicted octanol–water partition coefficient (Wildman–Crippen LogP) is 18.2. The zero-order chi connectivity index (χ0) is 46.4. The van der Waals surface area contributed by atoms with Crippen molar-refractivity contribution in [3.05, 3.63) is 279 Å². The Hall–Kier alpha value is -9.38. The fourth-order valence-corrected chi connectivity index (χ4v) is 10.4. The molecule has 0 N–H and O–H groups in total. The number of para-hydroxylation sites is 4. The molecule has 4 heteroatoms. The number of anilines is 6. The molecule has 0 spiro atoms. The van der Waals surface area contributed by atoms with Gasteiger partial charge in [0.05, 0.1) is 33.8 Å². The lowest BCUT2D eigenvalue weighted by Crippen LogP contribution is -2.10. The van der Waals surface area contributed by atoms with E-state index < -0.39 is 0 Å². The molecule has 0 radical (unpaired) electrons. The van der Waals surface area contributed by atoms with Crippen LogP contribution in [0.5, 0.6) is 0 Å². The quantitative estimate of drug-likeness (QED) is 0.136. The van der Waals surface area contributed by atoms with Crippen molar-refractivity contribution in [1.29, 1.82) is 0 Å². The molecule has 2 aromatic heterocycles. The standard InChI is InChI=1S/C66H46N4/c1-5-23-53(24-6-1)67(61-33-17-21-47-19-13-15-31-59(47)61)57-39-35-49(36-40-57)63-43-51-45-66-52(46-65(51)69(63)55-27-9-3-10-28-55)44-64(70(66)56-29-11-4-12-30-56)50-37-41-58(42-38-50)68(54-25-7-2-8-26-54)62-34-18-22-48-20-14-16-32-60(48)62/h1-46H. The van der Waals surface area contributed by atoms with E-state index in [9.17, 15) is 0 Å². The summed E-state index contributed by atoms with van der Waals surface area (Å²) in [6.07, 6.45) is 0. The number of hydrogen-bond acceptors (Lipinski definition) is 2. The maximum atomic E-state index is 2.42. The second-order valence-electron chi connectivity index (χ2n) is 17.8. The molecule has 0 bridgehead atoms. The number of aromatic nitrogens is 2. The predicted molar refractivity (Wildman–Crippen MR) is 295 cm³/mol. The highest BCUT2D eigenvalue weighted by Gasteiger charge is 2.21. The third kappa shape index (κ3) is 7.18. The van der Waals surface area contributed by atoms with Crippen molar-refractivity contribution < 1.29 is 0 Å². The van der Waals surface area contributed by atoms with Crippen LogP contribution in [0.3, 0.4) is 0 Å².